The first-order valence-electron chi connectivity index (χ1n) is 6.81. The minimum atomic E-state index is -0.273. The monoisotopic (exact) mass is 300 g/mol. The van der Waals surface area contributed by atoms with Crippen molar-refractivity contribution >= 4 is 22.6 Å². The number of nitrogens with one attached hydrogen (secondary N) is 1. The zero-order chi connectivity index (χ0) is 15.0. The van der Waals surface area contributed by atoms with Gasteiger partial charge in [0.2, 0.25) is 0 Å². The number of furan rings is 1. The van der Waals surface area contributed by atoms with E-state index in [9.17, 15) is 0 Å². The maximum Gasteiger partial charge on any atom is 0.134 e. The Morgan fingerprint density at radius 2 is 1.95 bits per heavy atom. The lowest BCUT2D eigenvalue weighted by Gasteiger charge is -2.16. The smallest absolute Gasteiger partial charge is 0.134 e. The summed E-state index contributed by atoms with van der Waals surface area (Å²) in [4.78, 5) is 0. The molecule has 0 fully saturated rings. The maximum atomic E-state index is 6.40. The fourth-order valence-electron chi connectivity index (χ4n) is 2.54. The van der Waals surface area contributed by atoms with Gasteiger partial charge in [-0.15, -0.1) is 0 Å². The molecule has 0 aliphatic carbocycles. The number of fused-ring (bicyclic) bond motifs is 1. The molecule has 0 spiro atoms. The summed E-state index contributed by atoms with van der Waals surface area (Å²) in [5, 5.41) is 1.77. The van der Waals surface area contributed by atoms with Gasteiger partial charge in [-0.05, 0) is 43.2 Å². The molecule has 4 heteroatoms. The number of benzene rings is 2. The normalized spacial score (nSPS) is 12.8. The number of hydrogen-bond donors (Lipinski definition) is 2. The molecular weight excluding hydrogens is 284 g/mol. The molecule has 0 amide bonds. The van der Waals surface area contributed by atoms with Gasteiger partial charge in [0.15, 0.2) is 0 Å². The van der Waals surface area contributed by atoms with Crippen molar-refractivity contribution < 1.29 is 4.42 Å². The van der Waals surface area contributed by atoms with Gasteiger partial charge in [0, 0.05) is 10.4 Å². The summed E-state index contributed by atoms with van der Waals surface area (Å²) in [7, 11) is 0. The molecule has 0 saturated carbocycles. The molecule has 1 heterocycles. The number of nitrogens with two attached hydrogens (primary N) is 1. The first kappa shape index (κ1) is 14.1. The molecule has 108 valence electrons. The zero-order valence-corrected chi connectivity index (χ0v) is 12.7. The molecule has 3 rings (SSSR count). The van der Waals surface area contributed by atoms with Gasteiger partial charge in [-0.2, -0.15) is 0 Å². The Kier molecular flexibility index (Phi) is 3.72. The summed E-state index contributed by atoms with van der Waals surface area (Å²) in [6, 6.07) is 13.7. The van der Waals surface area contributed by atoms with E-state index in [0.29, 0.717) is 5.02 Å². The number of rotatable bonds is 3. The summed E-state index contributed by atoms with van der Waals surface area (Å²) < 4.78 is 5.92. The minimum absolute atomic E-state index is 0.273. The molecule has 0 aliphatic heterocycles. The van der Waals surface area contributed by atoms with E-state index in [1.165, 1.54) is 5.56 Å². The molecule has 1 atom stereocenters. The molecule has 21 heavy (non-hydrogen) atoms. The van der Waals surface area contributed by atoms with Crippen molar-refractivity contribution in [1.29, 1.82) is 0 Å². The van der Waals surface area contributed by atoms with E-state index >= 15 is 0 Å². The van der Waals surface area contributed by atoms with Gasteiger partial charge in [0.05, 0.1) is 0 Å². The van der Waals surface area contributed by atoms with E-state index < -0.39 is 0 Å². The third-order valence-corrected chi connectivity index (χ3v) is 4.19. The Morgan fingerprint density at radius 1 is 1.14 bits per heavy atom. The first-order chi connectivity index (χ1) is 10.1. The van der Waals surface area contributed by atoms with Crippen LogP contribution in [-0.2, 0) is 0 Å². The third-order valence-electron chi connectivity index (χ3n) is 3.67. The summed E-state index contributed by atoms with van der Waals surface area (Å²) in [5.74, 6) is 6.49. The first-order valence-corrected chi connectivity index (χ1v) is 7.19. The molecule has 0 bridgehead atoms. The van der Waals surface area contributed by atoms with Crippen LogP contribution in [0, 0.1) is 13.8 Å². The SMILES string of the molecule is Cc1ccc2oc(C(NN)c3cccc(C)c3Cl)cc2c1. The van der Waals surface area contributed by atoms with E-state index in [-0.39, 0.29) is 6.04 Å². The van der Waals surface area contributed by atoms with Crippen molar-refractivity contribution in [2.75, 3.05) is 0 Å². The average molecular weight is 301 g/mol. The van der Waals surface area contributed by atoms with Crippen LogP contribution in [0.2, 0.25) is 5.02 Å². The van der Waals surface area contributed by atoms with Gasteiger partial charge >= 0.3 is 0 Å². The topological polar surface area (TPSA) is 51.2 Å². The van der Waals surface area contributed by atoms with Crippen molar-refractivity contribution in [1.82, 2.24) is 5.43 Å². The van der Waals surface area contributed by atoms with E-state index in [0.717, 1.165) is 27.9 Å². The van der Waals surface area contributed by atoms with Crippen LogP contribution >= 0.6 is 11.6 Å². The molecule has 3 nitrogen and oxygen atoms in total. The van der Waals surface area contributed by atoms with Crippen molar-refractivity contribution in [3.05, 3.63) is 69.9 Å². The van der Waals surface area contributed by atoms with Crippen molar-refractivity contribution in [3.8, 4) is 0 Å². The Bertz CT molecular complexity index is 795. The lowest BCUT2D eigenvalue weighted by atomic mass is 10.0. The molecule has 1 aromatic heterocycles. The van der Waals surface area contributed by atoms with Gasteiger partial charge in [-0.1, -0.05) is 41.4 Å². The third kappa shape index (κ3) is 2.56. The van der Waals surface area contributed by atoms with Crippen LogP contribution in [-0.4, -0.2) is 0 Å². The highest BCUT2D eigenvalue weighted by molar-refractivity contribution is 6.32. The van der Waals surface area contributed by atoms with Crippen LogP contribution in [0.15, 0.2) is 46.9 Å². The Balaban J connectivity index is 2.11. The summed E-state index contributed by atoms with van der Waals surface area (Å²) >= 11 is 6.40. The number of hydrogen-bond acceptors (Lipinski definition) is 3. The van der Waals surface area contributed by atoms with Gasteiger partial charge in [-0.25, -0.2) is 5.43 Å². The highest BCUT2D eigenvalue weighted by atomic mass is 35.5. The number of aryl methyl sites for hydroxylation is 2. The van der Waals surface area contributed by atoms with Crippen molar-refractivity contribution in [3.63, 3.8) is 0 Å². The second-order valence-electron chi connectivity index (χ2n) is 5.27. The van der Waals surface area contributed by atoms with Crippen LogP contribution in [0.5, 0.6) is 0 Å². The van der Waals surface area contributed by atoms with E-state index in [4.69, 9.17) is 21.9 Å². The quantitative estimate of drug-likeness (QED) is 0.561. The molecular formula is C17H17ClN2O. The van der Waals surface area contributed by atoms with Crippen LogP contribution in [0.3, 0.4) is 0 Å². The van der Waals surface area contributed by atoms with Crippen LogP contribution in [0.25, 0.3) is 11.0 Å². The summed E-state index contributed by atoms with van der Waals surface area (Å²) in [6.45, 7) is 4.03. The van der Waals surface area contributed by atoms with Gasteiger partial charge in [0.1, 0.15) is 17.4 Å². The second-order valence-corrected chi connectivity index (χ2v) is 5.65. The van der Waals surface area contributed by atoms with E-state index in [2.05, 4.69) is 18.4 Å². The van der Waals surface area contributed by atoms with Gasteiger partial charge in [0.25, 0.3) is 0 Å². The Labute approximate surface area is 128 Å². The minimum Gasteiger partial charge on any atom is -0.459 e. The molecule has 3 aromatic rings. The fraction of sp³-hybridized carbons (Fsp3) is 0.176. The summed E-state index contributed by atoms with van der Waals surface area (Å²) in [5.41, 5.74) is 6.77. The maximum absolute atomic E-state index is 6.40. The Hall–Kier alpha value is -1.81. The number of halogens is 1. The molecule has 0 saturated heterocycles. The lowest BCUT2D eigenvalue weighted by molar-refractivity contribution is 0.477. The molecule has 3 N–H and O–H groups in total. The molecule has 0 radical (unpaired) electrons. The molecule has 2 aromatic carbocycles. The van der Waals surface area contributed by atoms with Crippen LogP contribution in [0.1, 0.15) is 28.5 Å². The standard InChI is InChI=1S/C17H17ClN2O/c1-10-6-7-14-12(8-10)9-15(21-14)17(20-19)13-5-3-4-11(2)16(13)18/h3-9,17,20H,19H2,1-2H3. The molecule has 1 unspecified atom stereocenters. The predicted molar refractivity (Wildman–Crippen MR) is 86.3 cm³/mol. The predicted octanol–water partition coefficient (Wildman–Crippen LogP) is 4.26. The van der Waals surface area contributed by atoms with Crippen LogP contribution in [0.4, 0.5) is 0 Å². The molecule has 0 aliphatic rings. The van der Waals surface area contributed by atoms with E-state index in [1.807, 2.05) is 43.3 Å². The lowest BCUT2D eigenvalue weighted by Crippen LogP contribution is -2.28. The van der Waals surface area contributed by atoms with E-state index in [1.54, 1.807) is 0 Å². The highest BCUT2D eigenvalue weighted by Crippen LogP contribution is 2.33. The zero-order valence-electron chi connectivity index (χ0n) is 12.0. The van der Waals surface area contributed by atoms with Gasteiger partial charge < -0.3 is 4.42 Å². The average Bonchev–Trinajstić information content (AvgIpc) is 2.87. The second kappa shape index (κ2) is 5.53. The van der Waals surface area contributed by atoms with Gasteiger partial charge in [-0.3, -0.25) is 5.84 Å². The largest absolute Gasteiger partial charge is 0.459 e. The van der Waals surface area contributed by atoms with Crippen molar-refractivity contribution in [2.45, 2.75) is 19.9 Å². The highest BCUT2D eigenvalue weighted by Gasteiger charge is 2.20. The van der Waals surface area contributed by atoms with Crippen LogP contribution < -0.4 is 11.3 Å². The summed E-state index contributed by atoms with van der Waals surface area (Å²) in [6.07, 6.45) is 0. The van der Waals surface area contributed by atoms with Crippen molar-refractivity contribution in [2.24, 2.45) is 5.84 Å². The number of hydrazine groups is 1. The Morgan fingerprint density at radius 3 is 2.71 bits per heavy atom. The fourth-order valence-corrected chi connectivity index (χ4v) is 2.78.